The van der Waals surface area contributed by atoms with Crippen molar-refractivity contribution in [2.24, 2.45) is 0 Å². The molecule has 0 radical (unpaired) electrons. The van der Waals surface area contributed by atoms with Gasteiger partial charge in [-0.25, -0.2) is 0 Å². The van der Waals surface area contributed by atoms with Crippen molar-refractivity contribution in [2.75, 3.05) is 22.9 Å². The van der Waals surface area contributed by atoms with E-state index in [1.165, 1.54) is 12.8 Å². The first-order valence-corrected chi connectivity index (χ1v) is 10.6. The van der Waals surface area contributed by atoms with E-state index in [2.05, 4.69) is 11.0 Å². The molecule has 1 amide bonds. The highest BCUT2D eigenvalue weighted by Gasteiger charge is 2.54. The largest absolute Gasteiger partial charge is 0.365 e. The third kappa shape index (κ3) is 3.18. The van der Waals surface area contributed by atoms with Gasteiger partial charge in [0.25, 0.3) is 5.91 Å². The molecular weight excluding hydrogens is 395 g/mol. The number of para-hydroxylation sites is 2. The molecule has 0 bridgehead atoms. The minimum absolute atomic E-state index is 0.0542. The van der Waals surface area contributed by atoms with E-state index in [4.69, 9.17) is 27.9 Å². The summed E-state index contributed by atoms with van der Waals surface area (Å²) in [5.74, 6) is 0.0542. The Hall–Kier alpha value is -1.75. The monoisotopic (exact) mass is 416 g/mol. The number of rotatable bonds is 5. The molecule has 1 aliphatic heterocycles. The van der Waals surface area contributed by atoms with Gasteiger partial charge in [-0.2, -0.15) is 0 Å². The molecule has 0 N–H and O–H groups in total. The number of ether oxygens (including phenoxy) is 1. The first-order chi connectivity index (χ1) is 13.6. The topological polar surface area (TPSA) is 32.8 Å². The molecule has 0 unspecified atom stereocenters. The molecule has 6 heteroatoms. The molecule has 0 spiro atoms. The second kappa shape index (κ2) is 6.94. The Morgan fingerprint density at radius 2 is 1.68 bits per heavy atom. The third-order valence-corrected chi connectivity index (χ3v) is 6.64. The van der Waals surface area contributed by atoms with Crippen molar-refractivity contribution < 1.29 is 9.53 Å². The molecule has 28 heavy (non-hydrogen) atoms. The predicted octanol–water partition coefficient (Wildman–Crippen LogP) is 5.06. The van der Waals surface area contributed by atoms with E-state index in [0.717, 1.165) is 36.3 Å². The van der Waals surface area contributed by atoms with Gasteiger partial charge in [-0.1, -0.05) is 41.4 Å². The molecule has 2 aromatic carbocycles. The highest BCUT2D eigenvalue weighted by Crippen LogP contribution is 2.46. The predicted molar refractivity (Wildman–Crippen MR) is 112 cm³/mol. The molecular formula is C22H22Cl2N2O2. The van der Waals surface area contributed by atoms with Crippen LogP contribution in [-0.2, 0) is 16.1 Å². The number of fused-ring (bicyclic) bond motifs is 1. The SMILES string of the molecule is O=C(N1CCN(C2CC2)c2ccccc21)C1(OCc2c(Cl)cccc2Cl)CC1. The Labute approximate surface area is 175 Å². The fourth-order valence-corrected chi connectivity index (χ4v) is 4.53. The van der Waals surface area contributed by atoms with Crippen LogP contribution in [0.5, 0.6) is 0 Å². The molecule has 146 valence electrons. The Bertz CT molecular complexity index is 904. The van der Waals surface area contributed by atoms with Gasteiger partial charge in [0, 0.05) is 34.7 Å². The number of hydrogen-bond acceptors (Lipinski definition) is 3. The molecule has 2 fully saturated rings. The van der Waals surface area contributed by atoms with Gasteiger partial charge in [0.1, 0.15) is 5.60 Å². The Balaban J connectivity index is 1.36. The van der Waals surface area contributed by atoms with Crippen molar-refractivity contribution in [1.29, 1.82) is 0 Å². The summed E-state index contributed by atoms with van der Waals surface area (Å²) in [6.07, 6.45) is 3.96. The number of carbonyl (C=O) groups excluding carboxylic acids is 1. The molecule has 1 heterocycles. The molecule has 5 rings (SSSR count). The molecule has 0 saturated heterocycles. The average Bonchev–Trinajstić information content (AvgIpc) is 3.61. The number of hydrogen-bond donors (Lipinski definition) is 0. The van der Waals surface area contributed by atoms with Crippen LogP contribution in [0.15, 0.2) is 42.5 Å². The van der Waals surface area contributed by atoms with E-state index in [-0.39, 0.29) is 12.5 Å². The Morgan fingerprint density at radius 3 is 2.32 bits per heavy atom. The highest BCUT2D eigenvalue weighted by atomic mass is 35.5. The Morgan fingerprint density at radius 1 is 1.00 bits per heavy atom. The molecule has 4 nitrogen and oxygen atoms in total. The zero-order valence-corrected chi connectivity index (χ0v) is 17.0. The lowest BCUT2D eigenvalue weighted by molar-refractivity contribution is -0.133. The van der Waals surface area contributed by atoms with Gasteiger partial charge in [0.05, 0.1) is 18.0 Å². The fraction of sp³-hybridized carbons (Fsp3) is 0.409. The van der Waals surface area contributed by atoms with E-state index in [0.29, 0.717) is 22.6 Å². The molecule has 3 aliphatic rings. The maximum Gasteiger partial charge on any atom is 0.259 e. The zero-order chi connectivity index (χ0) is 19.3. The van der Waals surface area contributed by atoms with Crippen molar-refractivity contribution >= 4 is 40.5 Å². The lowest BCUT2D eigenvalue weighted by Crippen LogP contribution is -2.49. The van der Waals surface area contributed by atoms with Crippen LogP contribution in [0.1, 0.15) is 31.2 Å². The van der Waals surface area contributed by atoms with E-state index in [1.54, 1.807) is 12.1 Å². The van der Waals surface area contributed by atoms with Gasteiger partial charge in [-0.05, 0) is 49.9 Å². The highest BCUT2D eigenvalue weighted by molar-refractivity contribution is 6.35. The average molecular weight is 417 g/mol. The number of benzene rings is 2. The molecule has 0 aromatic heterocycles. The smallest absolute Gasteiger partial charge is 0.259 e. The quantitative estimate of drug-likeness (QED) is 0.682. The maximum absolute atomic E-state index is 13.4. The van der Waals surface area contributed by atoms with Crippen LogP contribution in [0.2, 0.25) is 10.0 Å². The van der Waals surface area contributed by atoms with Gasteiger partial charge >= 0.3 is 0 Å². The fourth-order valence-electron chi connectivity index (χ4n) is 4.02. The van der Waals surface area contributed by atoms with Gasteiger partial charge < -0.3 is 14.5 Å². The first kappa shape index (κ1) is 18.3. The molecule has 0 atom stereocenters. The van der Waals surface area contributed by atoms with Gasteiger partial charge in [0.15, 0.2) is 0 Å². The van der Waals surface area contributed by atoms with Crippen molar-refractivity contribution in [3.05, 3.63) is 58.1 Å². The van der Waals surface area contributed by atoms with E-state index >= 15 is 0 Å². The summed E-state index contributed by atoms with van der Waals surface area (Å²) in [6, 6.07) is 14.2. The first-order valence-electron chi connectivity index (χ1n) is 9.83. The van der Waals surface area contributed by atoms with Crippen molar-refractivity contribution in [1.82, 2.24) is 0 Å². The van der Waals surface area contributed by atoms with Crippen LogP contribution in [0.25, 0.3) is 0 Å². The van der Waals surface area contributed by atoms with Crippen LogP contribution in [-0.4, -0.2) is 30.6 Å². The van der Waals surface area contributed by atoms with Gasteiger partial charge in [-0.15, -0.1) is 0 Å². The third-order valence-electron chi connectivity index (χ3n) is 5.93. The summed E-state index contributed by atoms with van der Waals surface area (Å²) in [6.45, 7) is 1.82. The van der Waals surface area contributed by atoms with Crippen LogP contribution in [0.4, 0.5) is 11.4 Å². The zero-order valence-electron chi connectivity index (χ0n) is 15.5. The summed E-state index contributed by atoms with van der Waals surface area (Å²) in [4.78, 5) is 17.8. The molecule has 2 aromatic rings. The Kier molecular flexibility index (Phi) is 4.53. The standard InChI is InChI=1S/C22H22Cl2N2O2/c23-17-4-3-5-18(24)16(17)14-28-22(10-11-22)21(27)26-13-12-25(15-8-9-15)19-6-1-2-7-20(19)26/h1-7,15H,8-14H2. The van der Waals surface area contributed by atoms with Gasteiger partial charge in [-0.3, -0.25) is 4.79 Å². The lowest BCUT2D eigenvalue weighted by Gasteiger charge is -2.39. The number of carbonyl (C=O) groups is 1. The van der Waals surface area contributed by atoms with Crippen LogP contribution in [0, 0.1) is 0 Å². The van der Waals surface area contributed by atoms with Crippen molar-refractivity contribution in [3.8, 4) is 0 Å². The van der Waals surface area contributed by atoms with Crippen molar-refractivity contribution in [3.63, 3.8) is 0 Å². The second-order valence-electron chi connectivity index (χ2n) is 7.85. The minimum atomic E-state index is -0.753. The number of amides is 1. The lowest BCUT2D eigenvalue weighted by atomic mass is 10.1. The van der Waals surface area contributed by atoms with Crippen LogP contribution < -0.4 is 9.80 Å². The van der Waals surface area contributed by atoms with E-state index in [9.17, 15) is 4.79 Å². The van der Waals surface area contributed by atoms with E-state index < -0.39 is 5.60 Å². The summed E-state index contributed by atoms with van der Waals surface area (Å²) in [5, 5.41) is 1.14. The number of nitrogens with zero attached hydrogens (tertiary/aromatic N) is 2. The van der Waals surface area contributed by atoms with Crippen LogP contribution in [0.3, 0.4) is 0 Å². The van der Waals surface area contributed by atoms with Crippen LogP contribution >= 0.6 is 23.2 Å². The van der Waals surface area contributed by atoms with E-state index in [1.807, 2.05) is 29.2 Å². The van der Waals surface area contributed by atoms with Gasteiger partial charge in [0.2, 0.25) is 0 Å². The summed E-state index contributed by atoms with van der Waals surface area (Å²) >= 11 is 12.5. The maximum atomic E-state index is 13.4. The normalized spacial score (nSPS) is 20.1. The molecule has 2 saturated carbocycles. The summed E-state index contributed by atoms with van der Waals surface area (Å²) < 4.78 is 6.13. The molecule has 2 aliphatic carbocycles. The minimum Gasteiger partial charge on any atom is -0.365 e. The second-order valence-corrected chi connectivity index (χ2v) is 8.67. The number of anilines is 2. The number of halogens is 2. The van der Waals surface area contributed by atoms with Crippen molar-refractivity contribution in [2.45, 2.75) is 43.9 Å². The summed E-state index contributed by atoms with van der Waals surface area (Å²) in [7, 11) is 0. The summed E-state index contributed by atoms with van der Waals surface area (Å²) in [5.41, 5.74) is 2.15.